The van der Waals surface area contributed by atoms with Crippen LogP contribution in [0.3, 0.4) is 0 Å². The standard InChI is InChI=1S/C23H28N2O3/c1-16-8-13-28-23(14-16)9-11-24(12-10-23)22(27)17(2)25-15-20(18(3)26)19-6-4-5-7-21(19)25/h4-7,14-15,17H,8-13H2,1-3H3. The Morgan fingerprint density at radius 3 is 2.57 bits per heavy atom. The second kappa shape index (κ2) is 7.21. The molecule has 0 aliphatic carbocycles. The average molecular weight is 380 g/mol. The van der Waals surface area contributed by atoms with E-state index < -0.39 is 0 Å². The number of hydrogen-bond acceptors (Lipinski definition) is 3. The lowest BCUT2D eigenvalue weighted by atomic mass is 9.87. The van der Waals surface area contributed by atoms with Crippen molar-refractivity contribution < 1.29 is 14.3 Å². The highest BCUT2D eigenvalue weighted by molar-refractivity contribution is 6.07. The van der Waals surface area contributed by atoms with E-state index in [4.69, 9.17) is 4.74 Å². The fourth-order valence-electron chi connectivity index (χ4n) is 4.56. The van der Waals surface area contributed by atoms with Crippen molar-refractivity contribution in [1.82, 2.24) is 9.47 Å². The van der Waals surface area contributed by atoms with Crippen molar-refractivity contribution in [2.75, 3.05) is 19.7 Å². The average Bonchev–Trinajstić information content (AvgIpc) is 3.07. The van der Waals surface area contributed by atoms with Crippen molar-refractivity contribution in [2.45, 2.75) is 51.7 Å². The van der Waals surface area contributed by atoms with Crippen LogP contribution in [0.5, 0.6) is 0 Å². The third kappa shape index (κ3) is 3.28. The first kappa shape index (κ1) is 18.9. The zero-order valence-electron chi connectivity index (χ0n) is 16.9. The summed E-state index contributed by atoms with van der Waals surface area (Å²) in [7, 11) is 0. The van der Waals surface area contributed by atoms with Gasteiger partial charge in [0, 0.05) is 35.8 Å². The number of piperidine rings is 1. The summed E-state index contributed by atoms with van der Waals surface area (Å²) in [5.74, 6) is 0.119. The first-order valence-electron chi connectivity index (χ1n) is 10.1. The van der Waals surface area contributed by atoms with Crippen molar-refractivity contribution >= 4 is 22.6 Å². The summed E-state index contributed by atoms with van der Waals surface area (Å²) < 4.78 is 8.02. The molecule has 148 valence electrons. The number of hydrogen-bond donors (Lipinski definition) is 0. The number of para-hydroxylation sites is 1. The van der Waals surface area contributed by atoms with E-state index in [9.17, 15) is 9.59 Å². The molecule has 5 nitrogen and oxygen atoms in total. The number of amides is 1. The Labute approximate surface area is 166 Å². The van der Waals surface area contributed by atoms with Gasteiger partial charge < -0.3 is 14.2 Å². The van der Waals surface area contributed by atoms with Crippen LogP contribution >= 0.6 is 0 Å². The number of rotatable bonds is 3. The molecule has 1 fully saturated rings. The number of carbonyl (C=O) groups is 2. The number of nitrogens with zero attached hydrogens (tertiary/aromatic N) is 2. The molecule has 1 aromatic heterocycles. The lowest BCUT2D eigenvalue weighted by molar-refractivity contribution is -0.139. The number of fused-ring (bicyclic) bond motifs is 1. The van der Waals surface area contributed by atoms with Gasteiger partial charge in [0.25, 0.3) is 0 Å². The monoisotopic (exact) mass is 380 g/mol. The van der Waals surface area contributed by atoms with Crippen molar-refractivity contribution in [2.24, 2.45) is 0 Å². The van der Waals surface area contributed by atoms with E-state index in [1.807, 2.05) is 46.9 Å². The number of benzene rings is 1. The van der Waals surface area contributed by atoms with E-state index in [-0.39, 0.29) is 23.3 Å². The molecular weight excluding hydrogens is 352 g/mol. The molecule has 0 saturated carbocycles. The van der Waals surface area contributed by atoms with E-state index in [0.29, 0.717) is 18.7 Å². The molecule has 2 aliphatic rings. The fourth-order valence-corrected chi connectivity index (χ4v) is 4.56. The predicted molar refractivity (Wildman–Crippen MR) is 110 cm³/mol. The molecule has 0 bridgehead atoms. The van der Waals surface area contributed by atoms with Crippen LogP contribution in [0.25, 0.3) is 10.9 Å². The van der Waals surface area contributed by atoms with Crippen molar-refractivity contribution in [3.05, 3.63) is 47.7 Å². The number of carbonyl (C=O) groups excluding carboxylic acids is 2. The molecule has 2 aromatic rings. The zero-order valence-corrected chi connectivity index (χ0v) is 16.9. The molecular formula is C23H28N2O3. The molecule has 1 saturated heterocycles. The van der Waals surface area contributed by atoms with Crippen LogP contribution in [-0.2, 0) is 9.53 Å². The van der Waals surface area contributed by atoms with Gasteiger partial charge in [0.2, 0.25) is 5.91 Å². The van der Waals surface area contributed by atoms with E-state index in [0.717, 1.165) is 36.8 Å². The molecule has 5 heteroatoms. The smallest absolute Gasteiger partial charge is 0.245 e. The minimum Gasteiger partial charge on any atom is -0.370 e. The zero-order chi connectivity index (χ0) is 19.9. The number of aromatic nitrogens is 1. The van der Waals surface area contributed by atoms with E-state index in [1.54, 1.807) is 6.92 Å². The van der Waals surface area contributed by atoms with Crippen LogP contribution in [0.15, 0.2) is 42.1 Å². The van der Waals surface area contributed by atoms with Crippen LogP contribution in [0.4, 0.5) is 0 Å². The first-order chi connectivity index (χ1) is 13.4. The Kier molecular flexibility index (Phi) is 4.88. The fraction of sp³-hybridized carbons (Fsp3) is 0.478. The van der Waals surface area contributed by atoms with E-state index in [2.05, 4.69) is 13.0 Å². The summed E-state index contributed by atoms with van der Waals surface area (Å²) in [6.07, 6.45) is 6.78. The molecule has 1 atom stereocenters. The van der Waals surface area contributed by atoms with Crippen molar-refractivity contribution in [3.8, 4) is 0 Å². The van der Waals surface area contributed by atoms with Gasteiger partial charge in [-0.3, -0.25) is 9.59 Å². The molecule has 1 spiro atoms. The third-order valence-electron chi connectivity index (χ3n) is 6.21. The highest BCUT2D eigenvalue weighted by Crippen LogP contribution is 2.34. The summed E-state index contributed by atoms with van der Waals surface area (Å²) in [6.45, 7) is 7.83. The molecule has 3 heterocycles. The maximum atomic E-state index is 13.2. The van der Waals surface area contributed by atoms with Crippen LogP contribution in [0.1, 0.15) is 56.4 Å². The molecule has 28 heavy (non-hydrogen) atoms. The minimum atomic E-state index is -0.350. The lowest BCUT2D eigenvalue weighted by Crippen LogP contribution is -2.49. The topological polar surface area (TPSA) is 51.5 Å². The Bertz CT molecular complexity index is 948. The van der Waals surface area contributed by atoms with E-state index >= 15 is 0 Å². The Morgan fingerprint density at radius 2 is 1.89 bits per heavy atom. The second-order valence-corrected chi connectivity index (χ2v) is 8.18. The summed E-state index contributed by atoms with van der Waals surface area (Å²) in [5, 5.41) is 0.906. The Balaban J connectivity index is 1.54. The molecule has 0 radical (unpaired) electrons. The molecule has 0 N–H and O–H groups in total. The Hall–Kier alpha value is -2.40. The minimum absolute atomic E-state index is 0.0196. The number of ether oxygens (including phenoxy) is 1. The molecule has 2 aliphatic heterocycles. The summed E-state index contributed by atoms with van der Waals surface area (Å²) in [4.78, 5) is 27.2. The van der Waals surface area contributed by atoms with Crippen molar-refractivity contribution in [1.29, 1.82) is 0 Å². The number of Topliss-reactive ketones (excluding diaryl/α,β-unsaturated/α-hetero) is 1. The van der Waals surface area contributed by atoms with Gasteiger partial charge in [0.15, 0.2) is 5.78 Å². The summed E-state index contributed by atoms with van der Waals surface area (Å²) >= 11 is 0. The van der Waals surface area contributed by atoms with E-state index in [1.165, 1.54) is 5.57 Å². The summed E-state index contributed by atoms with van der Waals surface area (Å²) in [6, 6.07) is 7.44. The van der Waals surface area contributed by atoms with Crippen molar-refractivity contribution in [3.63, 3.8) is 0 Å². The number of ketones is 1. The lowest BCUT2D eigenvalue weighted by Gasteiger charge is -2.42. The van der Waals surface area contributed by atoms with Gasteiger partial charge in [-0.1, -0.05) is 29.8 Å². The largest absolute Gasteiger partial charge is 0.370 e. The normalized spacial score (nSPS) is 20.2. The number of likely N-dealkylation sites (tertiary alicyclic amines) is 1. The van der Waals surface area contributed by atoms with Gasteiger partial charge in [0.1, 0.15) is 6.04 Å². The van der Waals surface area contributed by atoms with Crippen LogP contribution in [0, 0.1) is 0 Å². The first-order valence-corrected chi connectivity index (χ1v) is 10.1. The van der Waals surface area contributed by atoms with Crippen LogP contribution < -0.4 is 0 Å². The van der Waals surface area contributed by atoms with Gasteiger partial charge in [-0.05, 0) is 46.1 Å². The van der Waals surface area contributed by atoms with Gasteiger partial charge in [-0.2, -0.15) is 0 Å². The third-order valence-corrected chi connectivity index (χ3v) is 6.21. The predicted octanol–water partition coefficient (Wildman–Crippen LogP) is 4.13. The maximum Gasteiger partial charge on any atom is 0.245 e. The van der Waals surface area contributed by atoms with Gasteiger partial charge in [-0.15, -0.1) is 0 Å². The SMILES string of the molecule is CC(=O)c1cn(C(C)C(=O)N2CCC3(C=C(C)CCO3)CC2)c2ccccc12. The van der Waals surface area contributed by atoms with Gasteiger partial charge >= 0.3 is 0 Å². The molecule has 1 amide bonds. The maximum absolute atomic E-state index is 13.2. The van der Waals surface area contributed by atoms with Gasteiger partial charge in [-0.25, -0.2) is 0 Å². The highest BCUT2D eigenvalue weighted by atomic mass is 16.5. The highest BCUT2D eigenvalue weighted by Gasteiger charge is 2.37. The molecule has 1 aromatic carbocycles. The molecule has 4 rings (SSSR count). The summed E-state index contributed by atoms with van der Waals surface area (Å²) in [5.41, 5.74) is 2.79. The van der Waals surface area contributed by atoms with Gasteiger partial charge in [0.05, 0.1) is 12.2 Å². The quantitative estimate of drug-likeness (QED) is 0.594. The van der Waals surface area contributed by atoms with Crippen LogP contribution in [-0.4, -0.2) is 46.5 Å². The second-order valence-electron chi connectivity index (χ2n) is 8.18. The Morgan fingerprint density at radius 1 is 1.18 bits per heavy atom. The molecule has 1 unspecified atom stereocenters. The van der Waals surface area contributed by atoms with Crippen LogP contribution in [0.2, 0.25) is 0 Å².